The maximum Gasteiger partial charge on any atom is 0.176 e. The highest BCUT2D eigenvalue weighted by Gasteiger charge is 2.36. The molecule has 1 aliphatic carbocycles. The summed E-state index contributed by atoms with van der Waals surface area (Å²) in [5.74, 6) is 1.09. The van der Waals surface area contributed by atoms with Gasteiger partial charge < -0.3 is 25.2 Å². The molecule has 0 saturated heterocycles. The minimum absolute atomic E-state index is 0.0490. The number of halogens is 1. The number of ketones is 1. The topological polar surface area (TPSA) is 79.8 Å². The summed E-state index contributed by atoms with van der Waals surface area (Å²) in [6.45, 7) is 2.22. The van der Waals surface area contributed by atoms with Gasteiger partial charge in [0.1, 0.15) is 5.75 Å². The summed E-state index contributed by atoms with van der Waals surface area (Å²) in [5, 5.41) is 17.6. The molecule has 7 heteroatoms. The number of rotatable bonds is 5. The Morgan fingerprint density at radius 2 is 1.77 bits per heavy atom. The molecule has 2 unspecified atom stereocenters. The van der Waals surface area contributed by atoms with E-state index in [4.69, 9.17) is 21.1 Å². The first-order valence-corrected chi connectivity index (χ1v) is 12.0. The van der Waals surface area contributed by atoms with E-state index in [1.165, 1.54) is 0 Å². The van der Waals surface area contributed by atoms with Gasteiger partial charge in [-0.1, -0.05) is 35.9 Å². The van der Waals surface area contributed by atoms with Crippen LogP contribution in [0.15, 0.2) is 71.9 Å². The van der Waals surface area contributed by atoms with Crippen LogP contribution in [0.5, 0.6) is 17.2 Å². The number of fused-ring (bicyclic) bond motifs is 1. The fourth-order valence-electron chi connectivity index (χ4n) is 4.88. The zero-order chi connectivity index (χ0) is 24.5. The third kappa shape index (κ3) is 4.42. The fourth-order valence-corrected chi connectivity index (χ4v) is 5.10. The number of Topliss-reactive ketones (excluding diaryl/α,β-unsaturated/α-hetero) is 1. The van der Waals surface area contributed by atoms with Crippen molar-refractivity contribution in [2.75, 3.05) is 24.4 Å². The Morgan fingerprint density at radius 3 is 2.49 bits per heavy atom. The van der Waals surface area contributed by atoms with Crippen molar-refractivity contribution in [3.63, 3.8) is 0 Å². The van der Waals surface area contributed by atoms with Gasteiger partial charge >= 0.3 is 0 Å². The van der Waals surface area contributed by atoms with Crippen LogP contribution in [0.2, 0.25) is 5.02 Å². The molecule has 0 saturated carbocycles. The second-order valence-corrected chi connectivity index (χ2v) is 9.13. The highest BCUT2D eigenvalue weighted by atomic mass is 35.5. The predicted octanol–water partition coefficient (Wildman–Crippen LogP) is 6.43. The number of aromatic hydroxyl groups is 1. The van der Waals surface area contributed by atoms with Crippen molar-refractivity contribution in [2.45, 2.75) is 31.7 Å². The molecule has 0 aromatic heterocycles. The van der Waals surface area contributed by atoms with Crippen molar-refractivity contribution < 1.29 is 19.4 Å². The smallest absolute Gasteiger partial charge is 0.176 e. The number of carbonyl (C=O) groups is 1. The molecule has 0 fully saturated rings. The number of anilines is 2. The Morgan fingerprint density at radius 1 is 1.03 bits per heavy atom. The maximum absolute atomic E-state index is 13.7. The number of benzene rings is 3. The van der Waals surface area contributed by atoms with Gasteiger partial charge in [-0.2, -0.15) is 0 Å². The highest BCUT2D eigenvalue weighted by Crippen LogP contribution is 2.46. The molecule has 5 rings (SSSR count). The molecule has 0 amide bonds. The van der Waals surface area contributed by atoms with E-state index in [9.17, 15) is 9.90 Å². The van der Waals surface area contributed by atoms with Crippen LogP contribution >= 0.6 is 11.6 Å². The van der Waals surface area contributed by atoms with Crippen molar-refractivity contribution in [1.29, 1.82) is 0 Å². The van der Waals surface area contributed by atoms with Gasteiger partial charge in [0.05, 0.1) is 36.2 Å². The van der Waals surface area contributed by atoms with Crippen molar-refractivity contribution in [2.24, 2.45) is 0 Å². The third-order valence-electron chi connectivity index (χ3n) is 6.58. The van der Waals surface area contributed by atoms with E-state index in [1.54, 1.807) is 19.2 Å². The molecule has 0 spiro atoms. The fraction of sp³-hybridized carbons (Fsp3) is 0.250. The molecule has 1 heterocycles. The standard InChI is InChI=1S/C28H27ClN2O4/c1-3-35-25-15-18(12-20(29)28(25)33)27-26-23(30-21-6-4-5-7-22(21)31-27)13-17(14-24(26)32)16-8-10-19(34-2)11-9-16/h4-12,15,17,27,30-31,33H,3,13-14H2,1-2H3. The lowest BCUT2D eigenvalue weighted by molar-refractivity contribution is -0.116. The van der Waals surface area contributed by atoms with Crippen LogP contribution in [-0.2, 0) is 4.79 Å². The molecule has 35 heavy (non-hydrogen) atoms. The van der Waals surface area contributed by atoms with Crippen LogP contribution in [0.25, 0.3) is 0 Å². The second kappa shape index (κ2) is 9.55. The van der Waals surface area contributed by atoms with Crippen molar-refractivity contribution in [3.05, 3.63) is 88.1 Å². The lowest BCUT2D eigenvalue weighted by Crippen LogP contribution is -2.27. The summed E-state index contributed by atoms with van der Waals surface area (Å²) in [6.07, 6.45) is 1.08. The van der Waals surface area contributed by atoms with E-state index in [2.05, 4.69) is 10.6 Å². The molecule has 0 radical (unpaired) electrons. The van der Waals surface area contributed by atoms with Gasteiger partial charge in [-0.25, -0.2) is 0 Å². The molecular formula is C28H27ClN2O4. The minimum atomic E-state index is -0.456. The van der Waals surface area contributed by atoms with Crippen LogP contribution in [-0.4, -0.2) is 24.6 Å². The van der Waals surface area contributed by atoms with Crippen molar-refractivity contribution in [3.8, 4) is 17.2 Å². The van der Waals surface area contributed by atoms with Crippen LogP contribution < -0.4 is 20.1 Å². The zero-order valence-corrected chi connectivity index (χ0v) is 20.4. The molecule has 3 N–H and O–H groups in total. The average Bonchev–Trinajstić information content (AvgIpc) is 3.04. The number of phenols is 1. The van der Waals surface area contributed by atoms with Crippen molar-refractivity contribution in [1.82, 2.24) is 0 Å². The van der Waals surface area contributed by atoms with E-state index < -0.39 is 6.04 Å². The van der Waals surface area contributed by atoms with Crippen LogP contribution in [0.1, 0.15) is 42.9 Å². The maximum atomic E-state index is 13.7. The van der Waals surface area contributed by atoms with E-state index >= 15 is 0 Å². The molecule has 6 nitrogen and oxygen atoms in total. The number of nitrogens with one attached hydrogen (secondary N) is 2. The number of methoxy groups -OCH3 is 1. The van der Waals surface area contributed by atoms with Crippen LogP contribution in [0, 0.1) is 0 Å². The quantitative estimate of drug-likeness (QED) is 0.382. The van der Waals surface area contributed by atoms with Crippen molar-refractivity contribution >= 4 is 28.8 Å². The molecule has 1 aliphatic heterocycles. The SMILES string of the molecule is CCOc1cc(C2Nc3ccccc3NC3=C2C(=O)CC(c2ccc(OC)cc2)C3)cc(Cl)c1O. The highest BCUT2D eigenvalue weighted by molar-refractivity contribution is 6.32. The first-order valence-electron chi connectivity index (χ1n) is 11.7. The van der Waals surface area contributed by atoms with Gasteiger partial charge in [0, 0.05) is 17.7 Å². The van der Waals surface area contributed by atoms with Gasteiger partial charge in [0.15, 0.2) is 17.3 Å². The second-order valence-electron chi connectivity index (χ2n) is 8.72. The first-order chi connectivity index (χ1) is 17.0. The number of hydrogen-bond donors (Lipinski definition) is 3. The van der Waals surface area contributed by atoms with E-state index in [1.807, 2.05) is 55.5 Å². The summed E-state index contributed by atoms with van der Waals surface area (Å²) in [6, 6.07) is 18.8. The Bertz CT molecular complexity index is 1300. The van der Waals surface area contributed by atoms with Gasteiger partial charge in [-0.3, -0.25) is 4.79 Å². The summed E-state index contributed by atoms with van der Waals surface area (Å²) in [7, 11) is 1.64. The Labute approximate surface area is 209 Å². The summed E-state index contributed by atoms with van der Waals surface area (Å²) >= 11 is 6.37. The summed E-state index contributed by atoms with van der Waals surface area (Å²) in [5.41, 5.74) is 5.18. The average molecular weight is 491 g/mol. The molecule has 2 atom stereocenters. The van der Waals surface area contributed by atoms with E-state index in [0.29, 0.717) is 30.8 Å². The molecular weight excluding hydrogens is 464 g/mol. The van der Waals surface area contributed by atoms with E-state index in [0.717, 1.165) is 33.9 Å². The zero-order valence-electron chi connectivity index (χ0n) is 19.6. The Kier molecular flexibility index (Phi) is 6.31. The monoisotopic (exact) mass is 490 g/mol. The number of carbonyl (C=O) groups excluding carboxylic acids is 1. The normalized spacial score (nSPS) is 19.1. The van der Waals surface area contributed by atoms with Gasteiger partial charge in [-0.15, -0.1) is 0 Å². The first kappa shape index (κ1) is 23.1. The summed E-state index contributed by atoms with van der Waals surface area (Å²) < 4.78 is 10.9. The number of hydrogen-bond acceptors (Lipinski definition) is 6. The Balaban J connectivity index is 1.60. The lowest BCUT2D eigenvalue weighted by Gasteiger charge is -2.30. The van der Waals surface area contributed by atoms with Crippen LogP contribution in [0.4, 0.5) is 11.4 Å². The molecule has 3 aromatic rings. The Hall–Kier alpha value is -3.64. The number of phenolic OH excluding ortho intramolecular Hbond substituents is 1. The number of ether oxygens (including phenoxy) is 2. The minimum Gasteiger partial charge on any atom is -0.503 e. The van der Waals surface area contributed by atoms with Gasteiger partial charge in [0.25, 0.3) is 0 Å². The molecule has 180 valence electrons. The summed E-state index contributed by atoms with van der Waals surface area (Å²) in [4.78, 5) is 13.7. The molecule has 0 bridgehead atoms. The van der Waals surface area contributed by atoms with Gasteiger partial charge in [0.2, 0.25) is 0 Å². The molecule has 2 aliphatic rings. The number of para-hydroxylation sites is 2. The largest absolute Gasteiger partial charge is 0.503 e. The van der Waals surface area contributed by atoms with E-state index in [-0.39, 0.29) is 22.5 Å². The van der Waals surface area contributed by atoms with Gasteiger partial charge in [-0.05, 0) is 66.8 Å². The van der Waals surface area contributed by atoms with Crippen LogP contribution in [0.3, 0.4) is 0 Å². The molecule has 3 aromatic carbocycles. The predicted molar refractivity (Wildman–Crippen MR) is 138 cm³/mol. The third-order valence-corrected chi connectivity index (χ3v) is 6.87. The lowest BCUT2D eigenvalue weighted by atomic mass is 9.78. The number of allylic oxidation sites excluding steroid dienone is 1.